The van der Waals surface area contributed by atoms with Crippen molar-refractivity contribution in [2.24, 2.45) is 11.8 Å². The molecule has 0 aromatic rings. The maximum absolute atomic E-state index is 10.2. The Morgan fingerprint density at radius 2 is 0.960 bits per heavy atom. The van der Waals surface area contributed by atoms with E-state index in [1.165, 1.54) is 64.2 Å². The van der Waals surface area contributed by atoms with Gasteiger partial charge in [-0.1, -0.05) is 64.2 Å². The molecule has 25 heavy (non-hydrogen) atoms. The third kappa shape index (κ3) is 15.0. The smallest absolute Gasteiger partial charge is 0.303 e. The third-order valence-electron chi connectivity index (χ3n) is 5.46. The molecule has 2 saturated carbocycles. The van der Waals surface area contributed by atoms with Gasteiger partial charge in [0.2, 0.25) is 0 Å². The van der Waals surface area contributed by atoms with Gasteiger partial charge in [-0.05, 0) is 37.5 Å². The minimum absolute atomic E-state index is 0. The van der Waals surface area contributed by atoms with Crippen LogP contribution in [0.3, 0.4) is 0 Å². The van der Waals surface area contributed by atoms with Crippen LogP contribution in [0.15, 0.2) is 0 Å². The zero-order valence-corrected chi connectivity index (χ0v) is 18.1. The summed E-state index contributed by atoms with van der Waals surface area (Å²) in [5, 5.41) is 16.9. The van der Waals surface area contributed by atoms with Crippen LogP contribution in [0, 0.1) is 11.8 Å². The van der Waals surface area contributed by atoms with Crippen molar-refractivity contribution in [1.29, 1.82) is 0 Å². The van der Waals surface area contributed by atoms with Gasteiger partial charge in [-0.25, -0.2) is 0 Å². The zero-order valence-electron chi connectivity index (χ0n) is 15.9. The van der Waals surface area contributed by atoms with Crippen LogP contribution in [-0.4, -0.2) is 59.9 Å². The maximum Gasteiger partial charge on any atom is 0.303 e. The largest absolute Gasteiger partial charge is 0.481 e. The molecule has 0 aliphatic heterocycles. The van der Waals surface area contributed by atoms with Gasteiger partial charge in [0, 0.05) is 50.6 Å². The second-order valence-corrected chi connectivity index (χ2v) is 7.58. The van der Waals surface area contributed by atoms with E-state index in [1.807, 2.05) is 0 Å². The summed E-state index contributed by atoms with van der Waals surface area (Å²) in [4.78, 5) is 20.5. The quantitative estimate of drug-likeness (QED) is 0.563. The van der Waals surface area contributed by atoms with Gasteiger partial charge in [0.25, 0.3) is 0 Å². The van der Waals surface area contributed by atoms with Crippen molar-refractivity contribution in [3.8, 4) is 0 Å². The first-order chi connectivity index (χ1) is 11.6. The second kappa shape index (κ2) is 16.4. The predicted octanol–water partition coefficient (Wildman–Crippen LogP) is 5.26. The number of aliphatic carboxylic acids is 2. The van der Waals surface area contributed by atoms with Crippen molar-refractivity contribution < 1.29 is 19.8 Å². The first kappa shape index (κ1) is 25.2. The van der Waals surface area contributed by atoms with Gasteiger partial charge < -0.3 is 10.2 Å². The molecule has 2 N–H and O–H groups in total. The van der Waals surface area contributed by atoms with Crippen LogP contribution in [0.1, 0.15) is 103 Å². The summed E-state index contributed by atoms with van der Waals surface area (Å²) in [6, 6.07) is 0. The Morgan fingerprint density at radius 3 is 1.24 bits per heavy atom. The van der Waals surface area contributed by atoms with Gasteiger partial charge in [-0.2, -0.15) is 0 Å². The molecule has 142 valence electrons. The van der Waals surface area contributed by atoms with Crippen molar-refractivity contribution >= 4 is 49.7 Å². The molecule has 0 aromatic heterocycles. The van der Waals surface area contributed by atoms with Gasteiger partial charge in [0.1, 0.15) is 0 Å². The molecule has 0 heterocycles. The maximum atomic E-state index is 10.2. The second-order valence-electron chi connectivity index (χ2n) is 7.58. The summed E-state index contributed by atoms with van der Waals surface area (Å²) in [6.07, 6.45) is 18.3. The van der Waals surface area contributed by atoms with Gasteiger partial charge in [0.15, 0.2) is 0 Å². The van der Waals surface area contributed by atoms with E-state index in [4.69, 9.17) is 10.2 Å². The Labute approximate surface area is 183 Å². The minimum Gasteiger partial charge on any atom is -0.481 e. The molecule has 0 unspecified atom stereocenters. The molecular weight excluding hydrogens is 344 g/mol. The summed E-state index contributed by atoms with van der Waals surface area (Å²) >= 11 is 0. The molecule has 5 heteroatoms. The van der Waals surface area contributed by atoms with Crippen molar-refractivity contribution in [3.63, 3.8) is 0 Å². The monoisotopic (exact) mass is 380 g/mol. The average molecular weight is 381 g/mol. The van der Waals surface area contributed by atoms with Crippen LogP contribution in [0.2, 0.25) is 0 Å². The summed E-state index contributed by atoms with van der Waals surface area (Å²) in [5.41, 5.74) is 0. The number of hydrogen-bond acceptors (Lipinski definition) is 2. The van der Waals surface area contributed by atoms with Crippen molar-refractivity contribution in [1.82, 2.24) is 0 Å². The fourth-order valence-corrected chi connectivity index (χ4v) is 4.04. The van der Waals surface area contributed by atoms with Crippen LogP contribution < -0.4 is 0 Å². The SMILES string of the molecule is O=C(O)CCCC1CCCCC1.O=C(O)CCCC1CCCCC1.[Ca]. The summed E-state index contributed by atoms with van der Waals surface area (Å²) in [6.45, 7) is 0. The molecule has 0 saturated heterocycles. The summed E-state index contributed by atoms with van der Waals surface area (Å²) in [7, 11) is 0. The standard InChI is InChI=1S/2C10H18O2.Ca/c2*11-10(12)8-4-7-9-5-2-1-3-6-9;/h2*9H,1-8H2,(H,11,12);. The van der Waals surface area contributed by atoms with E-state index in [0.29, 0.717) is 12.8 Å². The molecule has 0 atom stereocenters. The van der Waals surface area contributed by atoms with E-state index in [9.17, 15) is 9.59 Å². The topological polar surface area (TPSA) is 74.6 Å². The average Bonchev–Trinajstić information content (AvgIpc) is 2.57. The molecule has 2 fully saturated rings. The van der Waals surface area contributed by atoms with Gasteiger partial charge in [-0.3, -0.25) is 9.59 Å². The minimum atomic E-state index is -0.647. The van der Waals surface area contributed by atoms with E-state index in [1.54, 1.807) is 0 Å². The van der Waals surface area contributed by atoms with Crippen LogP contribution in [0.5, 0.6) is 0 Å². The normalized spacial score (nSPS) is 18.6. The van der Waals surface area contributed by atoms with Gasteiger partial charge in [0.05, 0.1) is 0 Å². The number of rotatable bonds is 8. The Balaban J connectivity index is 0.000000443. The molecule has 2 aliphatic carbocycles. The predicted molar refractivity (Wildman–Crippen MR) is 102 cm³/mol. The van der Waals surface area contributed by atoms with Gasteiger partial charge >= 0.3 is 11.9 Å². The number of carboxylic acid groups (broad SMARTS) is 2. The summed E-state index contributed by atoms with van der Waals surface area (Å²) in [5.74, 6) is 0.368. The summed E-state index contributed by atoms with van der Waals surface area (Å²) < 4.78 is 0. The van der Waals surface area contributed by atoms with Crippen molar-refractivity contribution in [3.05, 3.63) is 0 Å². The number of carboxylic acids is 2. The molecular formula is C20H36CaO4. The first-order valence-corrected chi connectivity index (χ1v) is 10.0. The third-order valence-corrected chi connectivity index (χ3v) is 5.46. The van der Waals surface area contributed by atoms with E-state index in [2.05, 4.69) is 0 Å². The van der Waals surface area contributed by atoms with E-state index < -0.39 is 11.9 Å². The molecule has 0 spiro atoms. The Hall–Kier alpha value is 0.200. The molecule has 0 aromatic carbocycles. The molecule has 2 radical (unpaired) electrons. The van der Waals surface area contributed by atoms with Crippen molar-refractivity contribution in [2.45, 2.75) is 103 Å². The van der Waals surface area contributed by atoms with E-state index in [0.717, 1.165) is 37.5 Å². The molecule has 2 rings (SSSR count). The van der Waals surface area contributed by atoms with Crippen LogP contribution >= 0.6 is 0 Å². The van der Waals surface area contributed by atoms with E-state index >= 15 is 0 Å². The molecule has 0 bridgehead atoms. The van der Waals surface area contributed by atoms with Crippen LogP contribution in [0.25, 0.3) is 0 Å². The Morgan fingerprint density at radius 1 is 0.640 bits per heavy atom. The number of hydrogen-bond donors (Lipinski definition) is 2. The zero-order chi connectivity index (χ0) is 17.6. The van der Waals surface area contributed by atoms with E-state index in [-0.39, 0.29) is 37.7 Å². The van der Waals surface area contributed by atoms with Gasteiger partial charge in [-0.15, -0.1) is 0 Å². The molecule has 2 aliphatic rings. The number of carbonyl (C=O) groups is 2. The fraction of sp³-hybridized carbons (Fsp3) is 0.900. The molecule has 0 amide bonds. The van der Waals surface area contributed by atoms with Crippen LogP contribution in [-0.2, 0) is 9.59 Å². The Bertz CT molecular complexity index is 314. The fourth-order valence-electron chi connectivity index (χ4n) is 4.04. The molecule has 4 nitrogen and oxygen atoms in total. The first-order valence-electron chi connectivity index (χ1n) is 10.0. The van der Waals surface area contributed by atoms with Crippen molar-refractivity contribution in [2.75, 3.05) is 0 Å². The Kier molecular flexibility index (Phi) is 16.5. The van der Waals surface area contributed by atoms with Crippen LogP contribution in [0.4, 0.5) is 0 Å².